The maximum Gasteiger partial charge on any atom is 0.252 e. The Labute approximate surface area is 121 Å². The predicted molar refractivity (Wildman–Crippen MR) is 80.0 cm³/mol. The van der Waals surface area contributed by atoms with Crippen LogP contribution in [0.4, 0.5) is 4.39 Å². The molecule has 5 nitrogen and oxygen atoms in total. The zero-order valence-electron chi connectivity index (χ0n) is 11.8. The first-order valence-corrected chi connectivity index (χ1v) is 6.93. The summed E-state index contributed by atoms with van der Waals surface area (Å²) < 4.78 is 13.2. The minimum Gasteiger partial charge on any atom is -0.351 e. The first kappa shape index (κ1) is 15.2. The van der Waals surface area contributed by atoms with E-state index in [9.17, 15) is 14.0 Å². The maximum absolute atomic E-state index is 13.2. The number of nitrogens with one attached hydrogen (secondary N) is 3. The first-order valence-electron chi connectivity index (χ1n) is 6.93. The van der Waals surface area contributed by atoms with Crippen molar-refractivity contribution in [1.29, 1.82) is 0 Å². The molecule has 112 valence electrons. The van der Waals surface area contributed by atoms with Gasteiger partial charge in [-0.05, 0) is 31.2 Å². The quantitative estimate of drug-likeness (QED) is 0.704. The van der Waals surface area contributed by atoms with Gasteiger partial charge in [-0.1, -0.05) is 6.92 Å². The van der Waals surface area contributed by atoms with Crippen LogP contribution in [0.25, 0.3) is 10.9 Å². The highest BCUT2D eigenvalue weighted by Gasteiger charge is 2.11. The van der Waals surface area contributed by atoms with Gasteiger partial charge in [0.15, 0.2) is 0 Å². The predicted octanol–water partition coefficient (Wildman–Crippen LogP) is 1.40. The molecular formula is C15H18FN3O2. The van der Waals surface area contributed by atoms with Crippen molar-refractivity contribution in [1.82, 2.24) is 15.6 Å². The second-order valence-electron chi connectivity index (χ2n) is 4.74. The van der Waals surface area contributed by atoms with Gasteiger partial charge in [0, 0.05) is 24.5 Å². The molecule has 0 fully saturated rings. The largest absolute Gasteiger partial charge is 0.351 e. The molecule has 0 unspecified atom stereocenters. The second-order valence-corrected chi connectivity index (χ2v) is 4.74. The highest BCUT2D eigenvalue weighted by atomic mass is 19.1. The van der Waals surface area contributed by atoms with Crippen LogP contribution in [-0.2, 0) is 0 Å². The monoisotopic (exact) mass is 291 g/mol. The van der Waals surface area contributed by atoms with E-state index >= 15 is 0 Å². The lowest BCUT2D eigenvalue weighted by molar-refractivity contribution is 0.0955. The standard InChI is InChI=1S/C15H18FN3O2/c1-2-5-17-6-7-18-15(21)12-9-14(20)19-13-8-10(16)3-4-11(12)13/h3-4,8-9,17H,2,5-7H2,1H3,(H,18,21)(H,19,20). The van der Waals surface area contributed by atoms with E-state index in [1.807, 2.05) is 0 Å². The first-order chi connectivity index (χ1) is 10.1. The van der Waals surface area contributed by atoms with Crippen LogP contribution < -0.4 is 16.2 Å². The summed E-state index contributed by atoms with van der Waals surface area (Å²) in [6.45, 7) is 4.08. The van der Waals surface area contributed by atoms with Gasteiger partial charge in [-0.2, -0.15) is 0 Å². The van der Waals surface area contributed by atoms with E-state index in [0.717, 1.165) is 13.0 Å². The molecule has 3 N–H and O–H groups in total. The van der Waals surface area contributed by atoms with Crippen molar-refractivity contribution in [2.45, 2.75) is 13.3 Å². The number of fused-ring (bicyclic) bond motifs is 1. The molecule has 0 bridgehead atoms. The molecule has 2 aromatic rings. The van der Waals surface area contributed by atoms with Crippen molar-refractivity contribution in [3.8, 4) is 0 Å². The Hall–Kier alpha value is -2.21. The summed E-state index contributed by atoms with van der Waals surface area (Å²) in [5.74, 6) is -0.796. The number of rotatable bonds is 6. The van der Waals surface area contributed by atoms with Crippen molar-refractivity contribution in [3.05, 3.63) is 46.0 Å². The highest BCUT2D eigenvalue weighted by molar-refractivity contribution is 6.05. The van der Waals surface area contributed by atoms with Gasteiger partial charge in [0.2, 0.25) is 5.56 Å². The third-order valence-corrected chi connectivity index (χ3v) is 3.06. The van der Waals surface area contributed by atoms with Crippen molar-refractivity contribution >= 4 is 16.8 Å². The number of carbonyl (C=O) groups excluding carboxylic acids is 1. The maximum atomic E-state index is 13.2. The number of amides is 1. The van der Waals surface area contributed by atoms with E-state index in [-0.39, 0.29) is 11.5 Å². The number of aromatic amines is 1. The molecule has 1 amide bonds. The number of halogens is 1. The molecule has 1 heterocycles. The number of pyridine rings is 1. The van der Waals surface area contributed by atoms with Gasteiger partial charge in [-0.25, -0.2) is 4.39 Å². The van der Waals surface area contributed by atoms with Crippen LogP contribution in [-0.4, -0.2) is 30.5 Å². The molecule has 6 heteroatoms. The molecule has 21 heavy (non-hydrogen) atoms. The number of aromatic nitrogens is 1. The van der Waals surface area contributed by atoms with Gasteiger partial charge in [0.1, 0.15) is 5.82 Å². The summed E-state index contributed by atoms with van der Waals surface area (Å²) in [5, 5.41) is 6.43. The van der Waals surface area contributed by atoms with E-state index in [2.05, 4.69) is 22.5 Å². The molecule has 1 aromatic carbocycles. The summed E-state index contributed by atoms with van der Waals surface area (Å²) in [4.78, 5) is 26.2. The van der Waals surface area contributed by atoms with Crippen molar-refractivity contribution in [2.75, 3.05) is 19.6 Å². The van der Waals surface area contributed by atoms with Crippen LogP contribution in [0, 0.1) is 5.82 Å². The van der Waals surface area contributed by atoms with Crippen LogP contribution in [0.3, 0.4) is 0 Å². The lowest BCUT2D eigenvalue weighted by Gasteiger charge is -2.08. The zero-order valence-corrected chi connectivity index (χ0v) is 11.8. The SMILES string of the molecule is CCCNCCNC(=O)c1cc(=O)[nH]c2cc(F)ccc12. The lowest BCUT2D eigenvalue weighted by atomic mass is 10.1. The summed E-state index contributed by atoms with van der Waals surface area (Å²) in [5.41, 5.74) is 0.142. The third-order valence-electron chi connectivity index (χ3n) is 3.06. The van der Waals surface area contributed by atoms with E-state index in [1.54, 1.807) is 0 Å². The molecule has 0 atom stereocenters. The lowest BCUT2D eigenvalue weighted by Crippen LogP contribution is -2.32. The number of hydrogen-bond acceptors (Lipinski definition) is 3. The van der Waals surface area contributed by atoms with Crippen molar-refractivity contribution in [3.63, 3.8) is 0 Å². The summed E-state index contributed by atoms with van der Waals surface area (Å²) in [7, 11) is 0. The van der Waals surface area contributed by atoms with Crippen molar-refractivity contribution in [2.24, 2.45) is 0 Å². The fraction of sp³-hybridized carbons (Fsp3) is 0.333. The summed E-state index contributed by atoms with van der Waals surface area (Å²) >= 11 is 0. The van der Waals surface area contributed by atoms with Crippen LogP contribution >= 0.6 is 0 Å². The van der Waals surface area contributed by atoms with Crippen LogP contribution in [0.1, 0.15) is 23.7 Å². The van der Waals surface area contributed by atoms with Gasteiger partial charge in [0.25, 0.3) is 5.91 Å². The molecule has 0 aliphatic rings. The molecule has 0 saturated carbocycles. The fourth-order valence-electron chi connectivity index (χ4n) is 2.08. The Morgan fingerprint density at radius 3 is 2.81 bits per heavy atom. The Kier molecular flexibility index (Phi) is 5.05. The van der Waals surface area contributed by atoms with E-state index in [4.69, 9.17) is 0 Å². The molecular weight excluding hydrogens is 273 g/mol. The van der Waals surface area contributed by atoms with E-state index < -0.39 is 11.4 Å². The van der Waals surface area contributed by atoms with Gasteiger partial charge >= 0.3 is 0 Å². The average molecular weight is 291 g/mol. The average Bonchev–Trinajstić information content (AvgIpc) is 2.45. The van der Waals surface area contributed by atoms with E-state index in [0.29, 0.717) is 24.0 Å². The molecule has 0 aliphatic heterocycles. The van der Waals surface area contributed by atoms with Gasteiger partial charge in [-0.3, -0.25) is 9.59 Å². The molecule has 0 radical (unpaired) electrons. The number of benzene rings is 1. The smallest absolute Gasteiger partial charge is 0.252 e. The second kappa shape index (κ2) is 6.99. The molecule has 1 aromatic heterocycles. The molecule has 0 saturated heterocycles. The Morgan fingerprint density at radius 2 is 2.05 bits per heavy atom. The normalized spacial score (nSPS) is 10.8. The van der Waals surface area contributed by atoms with Crippen LogP contribution in [0.2, 0.25) is 0 Å². The van der Waals surface area contributed by atoms with Gasteiger partial charge in [0.05, 0.1) is 11.1 Å². The molecule has 2 rings (SSSR count). The Morgan fingerprint density at radius 1 is 1.24 bits per heavy atom. The number of carbonyl (C=O) groups is 1. The minimum atomic E-state index is -0.459. The number of hydrogen-bond donors (Lipinski definition) is 3. The topological polar surface area (TPSA) is 74.0 Å². The summed E-state index contributed by atoms with van der Waals surface area (Å²) in [6, 6.07) is 5.19. The third kappa shape index (κ3) is 3.88. The van der Waals surface area contributed by atoms with Gasteiger partial charge in [-0.15, -0.1) is 0 Å². The van der Waals surface area contributed by atoms with Crippen molar-refractivity contribution < 1.29 is 9.18 Å². The van der Waals surface area contributed by atoms with E-state index in [1.165, 1.54) is 24.3 Å². The fourth-order valence-corrected chi connectivity index (χ4v) is 2.08. The minimum absolute atomic E-state index is 0.254. The Bertz CT molecular complexity index is 697. The Balaban J connectivity index is 2.17. The number of H-pyrrole nitrogens is 1. The van der Waals surface area contributed by atoms with Gasteiger partial charge < -0.3 is 15.6 Å². The highest BCUT2D eigenvalue weighted by Crippen LogP contribution is 2.16. The molecule has 0 aliphatic carbocycles. The summed E-state index contributed by atoms with van der Waals surface area (Å²) in [6.07, 6.45) is 1.03. The zero-order chi connectivity index (χ0) is 15.2. The van der Waals surface area contributed by atoms with Crippen LogP contribution in [0.5, 0.6) is 0 Å². The molecule has 0 spiro atoms. The van der Waals surface area contributed by atoms with Crippen LogP contribution in [0.15, 0.2) is 29.1 Å².